The molecule has 0 aliphatic heterocycles. The molecule has 1 heterocycles. The molecule has 0 saturated carbocycles. The van der Waals surface area contributed by atoms with Gasteiger partial charge in [-0.3, -0.25) is 15.3 Å². The quantitative estimate of drug-likeness (QED) is 0.384. The van der Waals surface area contributed by atoms with E-state index in [1.807, 2.05) is 0 Å². The minimum Gasteiger partial charge on any atom is -0.384 e. The van der Waals surface area contributed by atoms with Crippen molar-refractivity contribution in [2.24, 2.45) is 16.0 Å². The summed E-state index contributed by atoms with van der Waals surface area (Å²) in [6.45, 7) is 1.74. The fourth-order valence-corrected chi connectivity index (χ4v) is 2.26. The molecule has 2 aromatic carbocycles. The van der Waals surface area contributed by atoms with E-state index in [-0.39, 0.29) is 17.1 Å². The number of hydrogen-bond acceptors (Lipinski definition) is 4. The lowest BCUT2D eigenvalue weighted by molar-refractivity contribution is 0.835. The van der Waals surface area contributed by atoms with E-state index in [1.54, 1.807) is 55.5 Å². The highest BCUT2D eigenvalue weighted by Gasteiger charge is 2.12. The first kappa shape index (κ1) is 16.2. The van der Waals surface area contributed by atoms with E-state index in [0.29, 0.717) is 28.3 Å². The Balaban J connectivity index is 1.91. The van der Waals surface area contributed by atoms with Gasteiger partial charge in [-0.2, -0.15) is 5.11 Å². The molecule has 0 bridgehead atoms. The van der Waals surface area contributed by atoms with Gasteiger partial charge in [0.2, 0.25) is 0 Å². The molecule has 0 saturated heterocycles. The van der Waals surface area contributed by atoms with E-state index >= 15 is 0 Å². The fraction of sp³-hybridized carbons (Fsp3) is 0.0588. The number of aryl methyl sites for hydroxylation is 1. The van der Waals surface area contributed by atoms with Crippen LogP contribution < -0.4 is 17.0 Å². The second-order valence-corrected chi connectivity index (χ2v) is 5.43. The topological polar surface area (TPSA) is 136 Å². The average molecular weight is 334 g/mol. The monoisotopic (exact) mass is 334 g/mol. The predicted molar refractivity (Wildman–Crippen MR) is 95.5 cm³/mol. The van der Waals surface area contributed by atoms with Crippen molar-refractivity contribution in [1.82, 2.24) is 15.5 Å². The summed E-state index contributed by atoms with van der Waals surface area (Å²) in [5.41, 5.74) is 15.5. The van der Waals surface area contributed by atoms with Crippen molar-refractivity contribution in [3.63, 3.8) is 0 Å². The molecule has 8 nitrogen and oxygen atoms in total. The highest BCUT2D eigenvalue weighted by Crippen LogP contribution is 2.19. The molecule has 0 aliphatic rings. The molecule has 0 amide bonds. The van der Waals surface area contributed by atoms with E-state index in [9.17, 15) is 4.79 Å². The lowest BCUT2D eigenvalue weighted by Gasteiger charge is -2.00. The number of nitrogen functional groups attached to an aromatic ring is 1. The van der Waals surface area contributed by atoms with Crippen molar-refractivity contribution in [2.45, 2.75) is 6.92 Å². The van der Waals surface area contributed by atoms with Gasteiger partial charge in [-0.25, -0.2) is 4.68 Å². The summed E-state index contributed by atoms with van der Waals surface area (Å²) in [5.74, 6) is -0.0217. The fourth-order valence-electron chi connectivity index (χ4n) is 2.26. The van der Waals surface area contributed by atoms with Gasteiger partial charge in [-0.1, -0.05) is 0 Å². The Morgan fingerprint density at radius 3 is 2.32 bits per heavy atom. The number of nitrogens with two attached hydrogens (primary N) is 1. The Hall–Kier alpha value is -3.68. The first-order valence-electron chi connectivity index (χ1n) is 7.45. The van der Waals surface area contributed by atoms with Gasteiger partial charge in [-0.05, 0) is 55.5 Å². The Bertz CT molecular complexity index is 995. The molecule has 1 aromatic heterocycles. The van der Waals surface area contributed by atoms with Gasteiger partial charge in [0.05, 0.1) is 22.8 Å². The first-order valence-corrected chi connectivity index (χ1v) is 7.45. The summed E-state index contributed by atoms with van der Waals surface area (Å²) in [4.78, 5) is 12.5. The molecule has 0 aliphatic carbocycles. The smallest absolute Gasteiger partial charge is 0.299 e. The number of benzene rings is 2. The van der Waals surface area contributed by atoms with Crippen LogP contribution in [0.1, 0.15) is 11.3 Å². The van der Waals surface area contributed by atoms with Crippen LogP contribution in [-0.4, -0.2) is 15.6 Å². The number of nitrogens with one attached hydrogen (secondary N) is 3. The highest BCUT2D eigenvalue weighted by molar-refractivity contribution is 5.95. The molecule has 0 atom stereocenters. The second kappa shape index (κ2) is 6.44. The van der Waals surface area contributed by atoms with Gasteiger partial charge in [0, 0.05) is 5.56 Å². The normalized spacial score (nSPS) is 11.1. The Labute approximate surface area is 143 Å². The molecule has 25 heavy (non-hydrogen) atoms. The summed E-state index contributed by atoms with van der Waals surface area (Å²) in [7, 11) is 0. The summed E-state index contributed by atoms with van der Waals surface area (Å²) in [5, 5.41) is 18.4. The molecule has 5 N–H and O–H groups in total. The van der Waals surface area contributed by atoms with E-state index in [2.05, 4.69) is 15.3 Å². The van der Waals surface area contributed by atoms with Crippen LogP contribution in [0.5, 0.6) is 0 Å². The third-order valence-corrected chi connectivity index (χ3v) is 3.61. The molecule has 3 aromatic rings. The second-order valence-electron chi connectivity index (χ2n) is 5.43. The van der Waals surface area contributed by atoms with Gasteiger partial charge in [-0.15, -0.1) is 5.11 Å². The lowest BCUT2D eigenvalue weighted by Crippen LogP contribution is -2.13. The number of aromatic amines is 1. The van der Waals surface area contributed by atoms with E-state index in [4.69, 9.17) is 16.9 Å². The van der Waals surface area contributed by atoms with Gasteiger partial charge >= 0.3 is 0 Å². The Morgan fingerprint density at radius 1 is 1.08 bits per heavy atom. The van der Waals surface area contributed by atoms with E-state index in [0.717, 1.165) is 0 Å². The van der Waals surface area contributed by atoms with Gasteiger partial charge in [0.1, 0.15) is 5.84 Å². The van der Waals surface area contributed by atoms with Crippen molar-refractivity contribution in [2.75, 3.05) is 0 Å². The maximum atomic E-state index is 12.5. The van der Waals surface area contributed by atoms with Crippen molar-refractivity contribution >= 4 is 22.9 Å². The lowest BCUT2D eigenvalue weighted by atomic mass is 10.2. The van der Waals surface area contributed by atoms with E-state index in [1.165, 1.54) is 4.68 Å². The number of rotatable bonds is 4. The van der Waals surface area contributed by atoms with Crippen LogP contribution in [0.2, 0.25) is 0 Å². The largest absolute Gasteiger partial charge is 0.384 e. The van der Waals surface area contributed by atoms with Gasteiger partial charge in [0.15, 0.2) is 5.69 Å². The van der Waals surface area contributed by atoms with E-state index < -0.39 is 0 Å². The summed E-state index contributed by atoms with van der Waals surface area (Å²) in [6, 6.07) is 13.3. The summed E-state index contributed by atoms with van der Waals surface area (Å²) < 4.78 is 1.36. The summed E-state index contributed by atoms with van der Waals surface area (Å²) in [6.07, 6.45) is 0. The zero-order valence-corrected chi connectivity index (χ0v) is 13.4. The van der Waals surface area contributed by atoms with Crippen LogP contribution >= 0.6 is 0 Å². The number of nitrogens with zero attached hydrogens (tertiary/aromatic N) is 3. The molecule has 1 radical (unpaired) electrons. The average Bonchev–Trinajstić information content (AvgIpc) is 2.88. The predicted octanol–water partition coefficient (Wildman–Crippen LogP) is 3.09. The van der Waals surface area contributed by atoms with Crippen LogP contribution in [0.4, 0.5) is 17.1 Å². The zero-order valence-electron chi connectivity index (χ0n) is 13.4. The van der Waals surface area contributed by atoms with Crippen LogP contribution in [0.3, 0.4) is 0 Å². The molecular weight excluding hydrogens is 318 g/mol. The molecule has 0 spiro atoms. The van der Waals surface area contributed by atoms with Crippen molar-refractivity contribution in [3.05, 3.63) is 70.1 Å². The number of aromatic nitrogens is 2. The Morgan fingerprint density at radius 2 is 1.72 bits per heavy atom. The number of azo groups is 1. The van der Waals surface area contributed by atoms with Crippen LogP contribution in [0.15, 0.2) is 63.6 Å². The summed E-state index contributed by atoms with van der Waals surface area (Å²) >= 11 is 0. The number of amidine groups is 1. The van der Waals surface area contributed by atoms with Crippen molar-refractivity contribution in [3.8, 4) is 5.69 Å². The van der Waals surface area contributed by atoms with Gasteiger partial charge in [0.25, 0.3) is 5.56 Å². The third kappa shape index (κ3) is 3.32. The molecule has 3 rings (SSSR count). The van der Waals surface area contributed by atoms with Gasteiger partial charge < -0.3 is 11.5 Å². The van der Waals surface area contributed by atoms with Crippen molar-refractivity contribution < 1.29 is 0 Å². The highest BCUT2D eigenvalue weighted by atomic mass is 16.1. The zero-order chi connectivity index (χ0) is 18.0. The van der Waals surface area contributed by atoms with Crippen molar-refractivity contribution in [1.29, 1.82) is 5.41 Å². The minimum absolute atomic E-state index is 0.0217. The molecule has 125 valence electrons. The number of H-pyrrole nitrogens is 1. The molecule has 8 heteroatoms. The number of hydrogen-bond donors (Lipinski definition) is 3. The first-order chi connectivity index (χ1) is 12.0. The van der Waals surface area contributed by atoms with Crippen LogP contribution in [0, 0.1) is 12.3 Å². The maximum absolute atomic E-state index is 12.5. The molecule has 0 fully saturated rings. The maximum Gasteiger partial charge on any atom is 0.299 e. The molecule has 0 unspecified atom stereocenters. The minimum atomic E-state index is -0.320. The molecular formula is C17H16N7O. The standard InChI is InChI=1S/C17H16N7O/c1-10-15(22-21-13-6-2-11(3-7-13)16(19)20)17(25)24(23-10)14-8-4-12(18)5-9-14/h2-9,18,23H,1H3,(H3,19,20). The van der Waals surface area contributed by atoms with Crippen LogP contribution in [-0.2, 0) is 0 Å². The third-order valence-electron chi connectivity index (χ3n) is 3.61. The van der Waals surface area contributed by atoms with Crippen LogP contribution in [0.25, 0.3) is 5.69 Å². The SMILES string of the molecule is Cc1[nH]n(-c2ccc([NH])cc2)c(=O)c1N=Nc1ccc(C(=N)N)cc1. The Kier molecular flexibility index (Phi) is 4.17.